The highest BCUT2D eigenvalue weighted by atomic mass is 32.2. The maximum Gasteiger partial charge on any atom is 0.0991 e. The summed E-state index contributed by atoms with van der Waals surface area (Å²) in [5, 5.41) is 10.8. The summed E-state index contributed by atoms with van der Waals surface area (Å²) in [4.78, 5) is 2.20. The molecule has 1 aliphatic heterocycles. The highest BCUT2D eigenvalue weighted by Gasteiger charge is 2.12. The zero-order valence-electron chi connectivity index (χ0n) is 7.90. The second-order valence-corrected chi connectivity index (χ2v) is 4.01. The van der Waals surface area contributed by atoms with Crippen LogP contribution in [0.15, 0.2) is 29.7 Å². The smallest absolute Gasteiger partial charge is 0.0991 e. The quantitative estimate of drug-likeness (QED) is 0.700. The van der Waals surface area contributed by atoms with Crippen LogP contribution >= 0.6 is 11.8 Å². The highest BCUT2D eigenvalue weighted by Crippen LogP contribution is 2.29. The van der Waals surface area contributed by atoms with E-state index in [1.807, 2.05) is 24.3 Å². The van der Waals surface area contributed by atoms with Crippen LogP contribution in [0.3, 0.4) is 0 Å². The van der Waals surface area contributed by atoms with Gasteiger partial charge in [0.05, 0.1) is 23.2 Å². The molecule has 0 saturated heterocycles. The van der Waals surface area contributed by atoms with Gasteiger partial charge >= 0.3 is 0 Å². The van der Waals surface area contributed by atoms with E-state index in [-0.39, 0.29) is 0 Å². The molecular weight excluding hydrogens is 192 g/mol. The Kier molecular flexibility index (Phi) is 2.47. The molecule has 0 fully saturated rings. The van der Waals surface area contributed by atoms with Crippen molar-refractivity contribution in [2.24, 2.45) is 0 Å². The molecule has 2 nitrogen and oxygen atoms in total. The van der Waals surface area contributed by atoms with Crippen molar-refractivity contribution in [3.8, 4) is 6.07 Å². The van der Waals surface area contributed by atoms with Gasteiger partial charge in [-0.25, -0.2) is 0 Å². The lowest BCUT2D eigenvalue weighted by atomic mass is 10.1. The van der Waals surface area contributed by atoms with Gasteiger partial charge in [0.1, 0.15) is 0 Å². The van der Waals surface area contributed by atoms with E-state index in [1.165, 1.54) is 11.3 Å². The summed E-state index contributed by atoms with van der Waals surface area (Å²) < 4.78 is 0. The van der Waals surface area contributed by atoms with E-state index in [9.17, 15) is 0 Å². The van der Waals surface area contributed by atoms with Crippen LogP contribution in [0.2, 0.25) is 0 Å². The van der Waals surface area contributed by atoms with E-state index < -0.39 is 0 Å². The van der Waals surface area contributed by atoms with Gasteiger partial charge in [-0.05, 0) is 23.1 Å². The number of nitriles is 1. The van der Waals surface area contributed by atoms with Crippen molar-refractivity contribution in [1.29, 1.82) is 5.26 Å². The van der Waals surface area contributed by atoms with Crippen LogP contribution in [0.1, 0.15) is 11.1 Å². The number of benzene rings is 1. The Morgan fingerprint density at radius 3 is 2.57 bits per heavy atom. The molecule has 2 rings (SSSR count). The predicted octanol–water partition coefficient (Wildman–Crippen LogP) is 2.49. The third kappa shape index (κ3) is 1.61. The fraction of sp³-hybridized carbons (Fsp3) is 0.182. The van der Waals surface area contributed by atoms with Gasteiger partial charge in [-0.3, -0.25) is 0 Å². The van der Waals surface area contributed by atoms with E-state index in [2.05, 4.69) is 23.4 Å². The van der Waals surface area contributed by atoms with Gasteiger partial charge in [-0.15, -0.1) is 11.8 Å². The molecule has 0 radical (unpaired) electrons. The third-order valence-corrected chi connectivity index (χ3v) is 3.11. The van der Waals surface area contributed by atoms with Gasteiger partial charge in [0, 0.05) is 7.05 Å². The summed E-state index contributed by atoms with van der Waals surface area (Å²) in [7, 11) is 2.07. The van der Waals surface area contributed by atoms with E-state index in [0.29, 0.717) is 5.56 Å². The topological polar surface area (TPSA) is 27.0 Å². The second-order valence-electron chi connectivity index (χ2n) is 3.19. The Hall–Kier alpha value is -1.40. The Balaban J connectivity index is 2.30. The van der Waals surface area contributed by atoms with Crippen molar-refractivity contribution in [3.63, 3.8) is 0 Å². The van der Waals surface area contributed by atoms with Gasteiger partial charge in [0.2, 0.25) is 0 Å². The fourth-order valence-corrected chi connectivity index (χ4v) is 2.30. The van der Waals surface area contributed by atoms with E-state index in [0.717, 1.165) is 5.88 Å². The average Bonchev–Trinajstić information content (AvgIpc) is 2.65. The zero-order valence-corrected chi connectivity index (χ0v) is 8.71. The minimum atomic E-state index is 0.711. The van der Waals surface area contributed by atoms with Crippen LogP contribution in [-0.2, 0) is 0 Å². The van der Waals surface area contributed by atoms with E-state index in [1.54, 1.807) is 11.8 Å². The molecule has 0 unspecified atom stereocenters. The first-order valence-electron chi connectivity index (χ1n) is 4.35. The summed E-state index contributed by atoms with van der Waals surface area (Å²) in [5.74, 6) is 1.01. The standard InChI is InChI=1S/C11H10N2S/c1-13-8-14-7-11(13)10-4-2-9(6-12)3-5-10/h2-5,7H,8H2,1H3. The number of rotatable bonds is 1. The van der Waals surface area contributed by atoms with Crippen molar-refractivity contribution >= 4 is 17.5 Å². The number of thioether (sulfide) groups is 1. The van der Waals surface area contributed by atoms with Crippen LogP contribution in [0.4, 0.5) is 0 Å². The minimum absolute atomic E-state index is 0.711. The molecule has 0 N–H and O–H groups in total. The molecule has 1 heterocycles. The molecule has 1 aromatic rings. The Labute approximate surface area is 87.8 Å². The highest BCUT2D eigenvalue weighted by molar-refractivity contribution is 8.02. The monoisotopic (exact) mass is 202 g/mol. The minimum Gasteiger partial charge on any atom is -0.364 e. The van der Waals surface area contributed by atoms with Crippen LogP contribution in [0.5, 0.6) is 0 Å². The molecule has 1 aromatic carbocycles. The second kappa shape index (κ2) is 3.77. The molecule has 0 atom stereocenters. The summed E-state index contributed by atoms with van der Waals surface area (Å²) in [5.41, 5.74) is 3.12. The maximum absolute atomic E-state index is 8.67. The number of hydrogen-bond acceptors (Lipinski definition) is 3. The van der Waals surface area contributed by atoms with E-state index >= 15 is 0 Å². The van der Waals surface area contributed by atoms with Crippen molar-refractivity contribution in [2.75, 3.05) is 12.9 Å². The third-order valence-electron chi connectivity index (χ3n) is 2.18. The summed E-state index contributed by atoms with van der Waals surface area (Å²) in [6.45, 7) is 0. The lowest BCUT2D eigenvalue weighted by Crippen LogP contribution is -2.10. The van der Waals surface area contributed by atoms with Crippen molar-refractivity contribution in [3.05, 3.63) is 40.8 Å². The molecule has 0 spiro atoms. The number of hydrogen-bond donors (Lipinski definition) is 0. The zero-order chi connectivity index (χ0) is 9.97. The summed E-state index contributed by atoms with van der Waals surface area (Å²) in [6.07, 6.45) is 0. The number of nitrogens with zero attached hydrogens (tertiary/aromatic N) is 2. The SMILES string of the molecule is CN1CSC=C1c1ccc(C#N)cc1. The van der Waals surface area contributed by atoms with Crippen LogP contribution < -0.4 is 0 Å². The largest absolute Gasteiger partial charge is 0.364 e. The Bertz CT molecular complexity index is 400. The van der Waals surface area contributed by atoms with Gasteiger partial charge in [0.15, 0.2) is 0 Å². The van der Waals surface area contributed by atoms with Crippen molar-refractivity contribution in [2.45, 2.75) is 0 Å². The first-order chi connectivity index (χ1) is 6.81. The van der Waals surface area contributed by atoms with E-state index in [4.69, 9.17) is 5.26 Å². The first-order valence-corrected chi connectivity index (χ1v) is 5.39. The molecular formula is C11H10N2S. The fourth-order valence-electron chi connectivity index (χ4n) is 1.39. The van der Waals surface area contributed by atoms with Crippen molar-refractivity contribution < 1.29 is 0 Å². The molecule has 0 aliphatic carbocycles. The van der Waals surface area contributed by atoms with Crippen molar-refractivity contribution in [1.82, 2.24) is 4.90 Å². The average molecular weight is 202 g/mol. The summed E-state index contributed by atoms with van der Waals surface area (Å²) >= 11 is 1.79. The van der Waals surface area contributed by atoms with Gasteiger partial charge in [-0.2, -0.15) is 5.26 Å². The molecule has 0 aromatic heterocycles. The van der Waals surface area contributed by atoms with Crippen LogP contribution in [-0.4, -0.2) is 17.8 Å². The molecule has 3 heteroatoms. The van der Waals surface area contributed by atoms with Gasteiger partial charge in [0.25, 0.3) is 0 Å². The van der Waals surface area contributed by atoms with Crippen LogP contribution in [0, 0.1) is 11.3 Å². The molecule has 0 amide bonds. The Morgan fingerprint density at radius 2 is 2.07 bits per heavy atom. The molecule has 0 bridgehead atoms. The lowest BCUT2D eigenvalue weighted by molar-refractivity contribution is 0.578. The molecule has 0 saturated carbocycles. The molecule has 1 aliphatic rings. The maximum atomic E-state index is 8.67. The Morgan fingerprint density at radius 1 is 1.36 bits per heavy atom. The molecule has 70 valence electrons. The lowest BCUT2D eigenvalue weighted by Gasteiger charge is -2.14. The van der Waals surface area contributed by atoms with Gasteiger partial charge < -0.3 is 4.90 Å². The van der Waals surface area contributed by atoms with Gasteiger partial charge in [-0.1, -0.05) is 12.1 Å². The normalized spacial score (nSPS) is 15.1. The summed E-state index contributed by atoms with van der Waals surface area (Å²) in [6, 6.07) is 9.81. The first kappa shape index (κ1) is 9.17. The molecule has 14 heavy (non-hydrogen) atoms. The predicted molar refractivity (Wildman–Crippen MR) is 59.4 cm³/mol. The van der Waals surface area contributed by atoms with Crippen LogP contribution in [0.25, 0.3) is 5.70 Å².